The third-order valence-corrected chi connectivity index (χ3v) is 8.98. The SMILES string of the molecule is CCCCC12CC3C(C(=O)OCC)CC1(CCCC)C(Cc1ccc(OC)cc12)N3C. The molecule has 1 saturated carbocycles. The van der Waals surface area contributed by atoms with Crippen molar-refractivity contribution in [3.05, 3.63) is 29.3 Å². The maximum absolute atomic E-state index is 13.1. The third-order valence-electron chi connectivity index (χ3n) is 8.98. The Morgan fingerprint density at radius 2 is 1.87 bits per heavy atom. The average Bonchev–Trinajstić information content (AvgIpc) is 2.78. The van der Waals surface area contributed by atoms with Crippen molar-refractivity contribution >= 4 is 5.97 Å². The van der Waals surface area contributed by atoms with Gasteiger partial charge in [-0.3, -0.25) is 9.69 Å². The Hall–Kier alpha value is -1.55. The quantitative estimate of drug-likeness (QED) is 0.487. The minimum atomic E-state index is -0.0000320. The first-order valence-corrected chi connectivity index (χ1v) is 12.5. The molecule has 1 aromatic rings. The number of rotatable bonds is 9. The zero-order valence-corrected chi connectivity index (χ0v) is 20.2. The van der Waals surface area contributed by atoms with Crippen LogP contribution < -0.4 is 4.74 Å². The molecule has 4 aliphatic rings. The minimum absolute atomic E-state index is 0.0000320. The van der Waals surface area contributed by atoms with Crippen LogP contribution in [0.3, 0.4) is 0 Å². The fraction of sp³-hybridized carbons (Fsp3) is 0.741. The topological polar surface area (TPSA) is 38.8 Å². The number of hydrogen-bond acceptors (Lipinski definition) is 4. The van der Waals surface area contributed by atoms with Crippen LogP contribution in [-0.2, 0) is 21.4 Å². The monoisotopic (exact) mass is 427 g/mol. The molecule has 0 radical (unpaired) electrons. The lowest BCUT2D eigenvalue weighted by Crippen LogP contribution is -2.75. The Balaban J connectivity index is 1.89. The van der Waals surface area contributed by atoms with Gasteiger partial charge in [0.2, 0.25) is 0 Å². The van der Waals surface area contributed by atoms with Gasteiger partial charge in [-0.05, 0) is 74.8 Å². The second kappa shape index (κ2) is 8.77. The van der Waals surface area contributed by atoms with Crippen LogP contribution in [0.15, 0.2) is 18.2 Å². The zero-order chi connectivity index (χ0) is 22.2. The molecule has 0 amide bonds. The van der Waals surface area contributed by atoms with E-state index >= 15 is 0 Å². The van der Waals surface area contributed by atoms with Crippen LogP contribution in [0, 0.1) is 11.3 Å². The molecule has 2 aliphatic heterocycles. The Bertz CT molecular complexity index is 808. The molecule has 2 aliphatic carbocycles. The molecular formula is C27H41NO3. The summed E-state index contributed by atoms with van der Waals surface area (Å²) in [5.41, 5.74) is 3.27. The van der Waals surface area contributed by atoms with Gasteiger partial charge in [0.1, 0.15) is 5.75 Å². The first-order chi connectivity index (χ1) is 15.0. The first kappa shape index (κ1) is 22.6. The third kappa shape index (κ3) is 3.32. The lowest BCUT2D eigenvalue weighted by Gasteiger charge is -2.71. The summed E-state index contributed by atoms with van der Waals surface area (Å²) in [7, 11) is 4.05. The number of piperidine rings is 2. The van der Waals surface area contributed by atoms with E-state index in [0.29, 0.717) is 12.6 Å². The summed E-state index contributed by atoms with van der Waals surface area (Å²) < 4.78 is 11.3. The minimum Gasteiger partial charge on any atom is -0.497 e. The fourth-order valence-electron chi connectivity index (χ4n) is 7.62. The van der Waals surface area contributed by atoms with Crippen LogP contribution >= 0.6 is 0 Å². The highest BCUT2D eigenvalue weighted by molar-refractivity contribution is 5.74. The van der Waals surface area contributed by atoms with E-state index in [1.807, 2.05) is 6.92 Å². The predicted molar refractivity (Wildman–Crippen MR) is 125 cm³/mol. The Morgan fingerprint density at radius 1 is 1.13 bits per heavy atom. The van der Waals surface area contributed by atoms with Crippen molar-refractivity contribution in [3.63, 3.8) is 0 Å². The van der Waals surface area contributed by atoms with E-state index in [1.165, 1.54) is 49.7 Å². The number of nitrogens with zero attached hydrogens (tertiary/aromatic N) is 1. The summed E-state index contributed by atoms with van der Waals surface area (Å²) in [5, 5.41) is 0. The van der Waals surface area contributed by atoms with Gasteiger partial charge in [0.05, 0.1) is 19.6 Å². The molecule has 4 nitrogen and oxygen atoms in total. The van der Waals surface area contributed by atoms with Gasteiger partial charge in [0.15, 0.2) is 0 Å². The summed E-state index contributed by atoms with van der Waals surface area (Å²) in [6, 6.07) is 7.55. The number of hydrogen-bond donors (Lipinski definition) is 0. The number of benzene rings is 1. The van der Waals surface area contributed by atoms with Gasteiger partial charge in [-0.2, -0.15) is 0 Å². The molecule has 3 fully saturated rings. The first-order valence-electron chi connectivity index (χ1n) is 12.5. The predicted octanol–water partition coefficient (Wildman–Crippen LogP) is 5.51. The number of carbonyl (C=O) groups is 1. The molecular weight excluding hydrogens is 386 g/mol. The van der Waals surface area contributed by atoms with Crippen LogP contribution in [0.2, 0.25) is 0 Å². The maximum Gasteiger partial charge on any atom is 0.310 e. The molecule has 0 aromatic heterocycles. The lowest BCUT2D eigenvalue weighted by atomic mass is 9.39. The number of methoxy groups -OCH3 is 1. The molecule has 1 aromatic carbocycles. The van der Waals surface area contributed by atoms with Crippen LogP contribution in [-0.4, -0.2) is 43.7 Å². The van der Waals surface area contributed by atoms with Gasteiger partial charge >= 0.3 is 5.97 Å². The number of carbonyl (C=O) groups excluding carboxylic acids is 1. The van der Waals surface area contributed by atoms with Crippen LogP contribution in [0.4, 0.5) is 0 Å². The smallest absolute Gasteiger partial charge is 0.310 e. The van der Waals surface area contributed by atoms with E-state index in [1.54, 1.807) is 7.11 Å². The standard InChI is InChI=1S/C27H41NO3/c1-6-9-13-26-18-23-21(25(29)31-8-3)17-27(26,14-10-7-2)24(28(23)4)15-19-11-12-20(30-5)16-22(19)26/h11-12,16,21,23-24H,6-10,13-15,17-18H2,1-5H3. The van der Waals surface area contributed by atoms with Crippen molar-refractivity contribution in [2.24, 2.45) is 11.3 Å². The summed E-state index contributed by atoms with van der Waals surface area (Å²) in [6.07, 6.45) is 10.4. The summed E-state index contributed by atoms with van der Waals surface area (Å²) in [4.78, 5) is 15.6. The molecule has 0 spiro atoms. The molecule has 5 unspecified atom stereocenters. The van der Waals surface area contributed by atoms with E-state index in [2.05, 4.69) is 44.0 Å². The molecule has 31 heavy (non-hydrogen) atoms. The highest BCUT2D eigenvalue weighted by atomic mass is 16.5. The van der Waals surface area contributed by atoms with Crippen LogP contribution in [0.25, 0.3) is 0 Å². The summed E-state index contributed by atoms with van der Waals surface area (Å²) in [6.45, 7) is 6.99. The van der Waals surface area contributed by atoms with Gasteiger partial charge in [0.25, 0.3) is 0 Å². The summed E-state index contributed by atoms with van der Waals surface area (Å²) >= 11 is 0. The van der Waals surface area contributed by atoms with Crippen molar-refractivity contribution in [1.29, 1.82) is 0 Å². The Morgan fingerprint density at radius 3 is 2.55 bits per heavy atom. The highest BCUT2D eigenvalue weighted by Gasteiger charge is 2.69. The van der Waals surface area contributed by atoms with Crippen molar-refractivity contribution in [2.75, 3.05) is 20.8 Å². The van der Waals surface area contributed by atoms with E-state index in [0.717, 1.165) is 25.0 Å². The van der Waals surface area contributed by atoms with E-state index in [9.17, 15) is 4.79 Å². The molecule has 4 heteroatoms. The molecule has 2 saturated heterocycles. The van der Waals surface area contributed by atoms with Gasteiger partial charge in [-0.25, -0.2) is 0 Å². The lowest BCUT2D eigenvalue weighted by molar-refractivity contribution is -0.191. The number of unbranched alkanes of at least 4 members (excludes halogenated alkanes) is 2. The number of ether oxygens (including phenoxy) is 2. The second-order valence-corrected chi connectivity index (χ2v) is 10.2. The Kier molecular flexibility index (Phi) is 6.40. The number of esters is 1. The van der Waals surface area contributed by atoms with E-state index < -0.39 is 0 Å². The Labute approximate surface area is 188 Å². The van der Waals surface area contributed by atoms with Gasteiger partial charge in [0, 0.05) is 17.5 Å². The van der Waals surface area contributed by atoms with Gasteiger partial charge in [-0.15, -0.1) is 0 Å². The number of likely N-dealkylation sites (N-methyl/N-ethyl adjacent to an activating group) is 1. The maximum atomic E-state index is 13.1. The fourth-order valence-corrected chi connectivity index (χ4v) is 7.62. The highest BCUT2D eigenvalue weighted by Crippen LogP contribution is 2.68. The van der Waals surface area contributed by atoms with Crippen molar-refractivity contribution in [2.45, 2.75) is 96.1 Å². The zero-order valence-electron chi connectivity index (χ0n) is 20.2. The average molecular weight is 428 g/mol. The number of fused-ring (bicyclic) bond motifs is 2. The largest absolute Gasteiger partial charge is 0.497 e. The van der Waals surface area contributed by atoms with E-state index in [-0.39, 0.29) is 28.8 Å². The molecule has 5 atom stereocenters. The normalized spacial score (nSPS) is 33.8. The van der Waals surface area contributed by atoms with Gasteiger partial charge < -0.3 is 9.47 Å². The molecule has 2 heterocycles. The van der Waals surface area contributed by atoms with Crippen molar-refractivity contribution in [1.82, 2.24) is 4.90 Å². The molecule has 0 N–H and O–H groups in total. The van der Waals surface area contributed by atoms with E-state index in [4.69, 9.17) is 9.47 Å². The second-order valence-electron chi connectivity index (χ2n) is 10.2. The molecule has 5 rings (SSSR count). The van der Waals surface area contributed by atoms with Gasteiger partial charge in [-0.1, -0.05) is 45.6 Å². The van der Waals surface area contributed by atoms with Crippen LogP contribution in [0.5, 0.6) is 5.75 Å². The summed E-state index contributed by atoms with van der Waals surface area (Å²) in [5.74, 6) is 0.990. The van der Waals surface area contributed by atoms with Crippen molar-refractivity contribution < 1.29 is 14.3 Å². The molecule has 4 bridgehead atoms. The molecule has 172 valence electrons. The van der Waals surface area contributed by atoms with Crippen LogP contribution in [0.1, 0.15) is 83.3 Å². The van der Waals surface area contributed by atoms with Crippen molar-refractivity contribution in [3.8, 4) is 5.75 Å².